The molecule has 0 amide bonds. The van der Waals surface area contributed by atoms with Crippen molar-refractivity contribution >= 4 is 21.8 Å². The van der Waals surface area contributed by atoms with Gasteiger partial charge in [0.2, 0.25) is 0 Å². The van der Waals surface area contributed by atoms with Crippen molar-refractivity contribution < 1.29 is 19.0 Å². The van der Waals surface area contributed by atoms with Crippen molar-refractivity contribution in [2.45, 2.75) is 18.9 Å². The topological polar surface area (TPSA) is 74.7 Å². The van der Waals surface area contributed by atoms with Crippen LogP contribution in [-0.2, 0) is 20.3 Å². The van der Waals surface area contributed by atoms with Crippen molar-refractivity contribution in [1.29, 1.82) is 0 Å². The van der Waals surface area contributed by atoms with E-state index in [1.165, 1.54) is 0 Å². The first-order valence-electron chi connectivity index (χ1n) is 5.41. The van der Waals surface area contributed by atoms with Crippen LogP contribution in [0.1, 0.15) is 12.0 Å². The van der Waals surface area contributed by atoms with Gasteiger partial charge in [-0.05, 0) is 0 Å². The van der Waals surface area contributed by atoms with E-state index in [0.29, 0.717) is 6.42 Å². The van der Waals surface area contributed by atoms with Gasteiger partial charge in [0, 0.05) is 0 Å². The number of carbonyl (C=O) groups is 1. The molecule has 5 nitrogen and oxygen atoms in total. The molecule has 0 fully saturated rings. The summed E-state index contributed by atoms with van der Waals surface area (Å²) in [6, 6.07) is 8.39. The summed E-state index contributed by atoms with van der Waals surface area (Å²) in [6.45, 7) is 0. The van der Waals surface area contributed by atoms with Gasteiger partial charge in [0.25, 0.3) is 0 Å². The van der Waals surface area contributed by atoms with E-state index in [4.69, 9.17) is 5.11 Å². The summed E-state index contributed by atoms with van der Waals surface area (Å²) < 4.78 is 21.0. The number of aliphatic carboxylic acids is 1. The standard InChI is InChI=1S/C12H11NO4P2/c14-12(15)11(13(8-18-16)9-19-17)7-6-10-4-2-1-3-5-10/h1-5,11H,6-7H2,(H,14,15)/t11-/m0/s1. The van der Waals surface area contributed by atoms with Crippen molar-refractivity contribution in [3.8, 4) is 11.5 Å². The van der Waals surface area contributed by atoms with Crippen LogP contribution in [0.15, 0.2) is 30.3 Å². The van der Waals surface area contributed by atoms with E-state index >= 15 is 0 Å². The zero-order valence-corrected chi connectivity index (χ0v) is 11.7. The van der Waals surface area contributed by atoms with E-state index in [1.54, 1.807) is 0 Å². The Morgan fingerprint density at radius 1 is 1.21 bits per heavy atom. The van der Waals surface area contributed by atoms with Gasteiger partial charge in [-0.2, -0.15) is 0 Å². The number of hydrogen-bond acceptors (Lipinski definition) is 4. The van der Waals surface area contributed by atoms with Crippen LogP contribution in [0, 0.1) is 11.5 Å². The zero-order valence-electron chi connectivity index (χ0n) is 9.89. The van der Waals surface area contributed by atoms with E-state index in [2.05, 4.69) is 11.5 Å². The number of carboxylic acids is 1. The van der Waals surface area contributed by atoms with E-state index in [-0.39, 0.29) is 6.42 Å². The molecular weight excluding hydrogens is 284 g/mol. The quantitative estimate of drug-likeness (QED) is 0.668. The number of rotatable bonds is 5. The molecule has 1 atom stereocenters. The molecule has 0 aliphatic carbocycles. The molecule has 1 N–H and O–H groups in total. The van der Waals surface area contributed by atoms with Gasteiger partial charge in [-0.1, -0.05) is 0 Å². The number of carboxylic acid groups (broad SMARTS) is 1. The van der Waals surface area contributed by atoms with Crippen LogP contribution in [0.3, 0.4) is 0 Å². The number of benzene rings is 1. The van der Waals surface area contributed by atoms with Gasteiger partial charge in [0.05, 0.1) is 0 Å². The van der Waals surface area contributed by atoms with Gasteiger partial charge in [-0.3, -0.25) is 0 Å². The van der Waals surface area contributed by atoms with Crippen LogP contribution >= 0.6 is 15.8 Å². The molecule has 7 heteroatoms. The Balaban J connectivity index is 2.84. The second-order valence-corrected chi connectivity index (χ2v) is 4.40. The summed E-state index contributed by atoms with van der Waals surface area (Å²) in [7, 11) is -0.965. The number of nitrogens with zero attached hydrogens (tertiary/aromatic N) is 1. The second-order valence-electron chi connectivity index (χ2n) is 3.63. The van der Waals surface area contributed by atoms with Gasteiger partial charge < -0.3 is 0 Å². The van der Waals surface area contributed by atoms with Gasteiger partial charge in [-0.25, -0.2) is 0 Å². The first kappa shape index (κ1) is 15.7. The van der Waals surface area contributed by atoms with E-state index < -0.39 is 27.8 Å². The van der Waals surface area contributed by atoms with Gasteiger partial charge >= 0.3 is 112 Å². The molecule has 98 valence electrons. The Kier molecular flexibility index (Phi) is 7.22. The van der Waals surface area contributed by atoms with Crippen LogP contribution in [0.25, 0.3) is 0 Å². The minimum absolute atomic E-state index is 0.268. The molecule has 0 bridgehead atoms. The summed E-state index contributed by atoms with van der Waals surface area (Å²) in [5, 5.41) is 9.14. The zero-order chi connectivity index (χ0) is 14.1. The van der Waals surface area contributed by atoms with Gasteiger partial charge in [0.15, 0.2) is 0 Å². The predicted molar refractivity (Wildman–Crippen MR) is 71.0 cm³/mol. The second kappa shape index (κ2) is 8.72. The van der Waals surface area contributed by atoms with Crippen LogP contribution in [0.2, 0.25) is 0 Å². The minimum atomic E-state index is -1.11. The molecule has 1 aromatic carbocycles. The van der Waals surface area contributed by atoms with Crippen molar-refractivity contribution in [1.82, 2.24) is 4.90 Å². The van der Waals surface area contributed by atoms with Crippen molar-refractivity contribution in [3.63, 3.8) is 0 Å². The average Bonchev–Trinajstić information content (AvgIpc) is 2.40. The fraction of sp³-hybridized carbons (Fsp3) is 0.250. The SMILES string of the molecule is O=P#CN(C#P=O)[C@@H](CCc1ccccc1)C(=O)O. The van der Waals surface area contributed by atoms with Crippen LogP contribution in [-0.4, -0.2) is 22.0 Å². The first-order valence-corrected chi connectivity index (χ1v) is 7.03. The van der Waals surface area contributed by atoms with E-state index in [0.717, 1.165) is 10.5 Å². The Labute approximate surface area is 112 Å². The number of hydrogen-bond donors (Lipinski definition) is 1. The molecule has 19 heavy (non-hydrogen) atoms. The summed E-state index contributed by atoms with van der Waals surface area (Å²) in [5.41, 5.74) is 0.994. The van der Waals surface area contributed by atoms with Gasteiger partial charge in [-0.15, -0.1) is 0 Å². The third-order valence-electron chi connectivity index (χ3n) is 2.44. The third-order valence-corrected chi connectivity index (χ3v) is 3.04. The Bertz CT molecular complexity index is 608. The fourth-order valence-electron chi connectivity index (χ4n) is 1.56. The van der Waals surface area contributed by atoms with Crippen LogP contribution in [0.4, 0.5) is 0 Å². The molecule has 0 radical (unpaired) electrons. The average molecular weight is 295 g/mol. The third kappa shape index (κ3) is 5.44. The first-order chi connectivity index (χ1) is 9.19. The summed E-state index contributed by atoms with van der Waals surface area (Å²) >= 11 is 0. The van der Waals surface area contributed by atoms with Crippen molar-refractivity contribution in [2.24, 2.45) is 0 Å². The molecule has 0 saturated heterocycles. The Morgan fingerprint density at radius 2 is 1.79 bits per heavy atom. The maximum atomic E-state index is 11.2. The molecule has 0 aliphatic heterocycles. The molecule has 0 aromatic heterocycles. The molecule has 1 rings (SSSR count). The van der Waals surface area contributed by atoms with Crippen molar-refractivity contribution in [2.75, 3.05) is 0 Å². The summed E-state index contributed by atoms with van der Waals surface area (Å²) in [5.74, 6) is 3.40. The number of aryl methyl sites for hydroxylation is 1. The Hall–Kier alpha value is -1.33. The van der Waals surface area contributed by atoms with Gasteiger partial charge in [0.1, 0.15) is 0 Å². The molecule has 0 spiro atoms. The van der Waals surface area contributed by atoms with Crippen molar-refractivity contribution in [3.05, 3.63) is 35.9 Å². The molecule has 1 aromatic rings. The van der Waals surface area contributed by atoms with Crippen LogP contribution in [0.5, 0.6) is 0 Å². The van der Waals surface area contributed by atoms with E-state index in [9.17, 15) is 13.9 Å². The molecule has 0 heterocycles. The monoisotopic (exact) mass is 295 g/mol. The Morgan fingerprint density at radius 3 is 2.26 bits per heavy atom. The van der Waals surface area contributed by atoms with E-state index in [1.807, 2.05) is 30.3 Å². The summed E-state index contributed by atoms with van der Waals surface area (Å²) in [6.07, 6.45) is 0.799. The molecule has 0 saturated carbocycles. The predicted octanol–water partition coefficient (Wildman–Crippen LogP) is 2.79. The maximum absolute atomic E-state index is 11.2. The normalized spacial score (nSPS) is 11.2. The summed E-state index contributed by atoms with van der Waals surface area (Å²) in [4.78, 5) is 12.1. The fourth-order valence-corrected chi connectivity index (χ4v) is 2.19. The van der Waals surface area contributed by atoms with Crippen LogP contribution < -0.4 is 0 Å². The molecule has 0 aliphatic rings. The molecular formula is C12H11NO4P2. The molecule has 0 unspecified atom stereocenters.